The second kappa shape index (κ2) is 5.62. The zero-order valence-corrected chi connectivity index (χ0v) is 11.2. The number of rotatable bonds is 4. The summed E-state index contributed by atoms with van der Waals surface area (Å²) in [6.45, 7) is 0.367. The fraction of sp³-hybridized carbons (Fsp3) is 0.133. The summed E-state index contributed by atoms with van der Waals surface area (Å²) in [4.78, 5) is 12.0. The topological polar surface area (TPSA) is 80.0 Å². The number of aromatic hydroxyl groups is 1. The van der Waals surface area contributed by atoms with Gasteiger partial charge in [-0.15, -0.1) is 5.10 Å². The first-order valence-corrected chi connectivity index (χ1v) is 6.56. The average Bonchev–Trinajstić information content (AvgIpc) is 2.90. The van der Waals surface area contributed by atoms with Gasteiger partial charge in [0.25, 0.3) is 0 Å². The van der Waals surface area contributed by atoms with E-state index in [-0.39, 0.29) is 24.7 Å². The molecule has 1 heterocycles. The lowest BCUT2D eigenvalue weighted by Crippen LogP contribution is -2.27. The van der Waals surface area contributed by atoms with Crippen molar-refractivity contribution in [1.29, 1.82) is 0 Å². The Hall–Kier alpha value is -2.89. The number of hydrogen-bond acceptors (Lipinski definition) is 4. The van der Waals surface area contributed by atoms with Crippen LogP contribution in [0.4, 0.5) is 0 Å². The summed E-state index contributed by atoms with van der Waals surface area (Å²) in [5.41, 5.74) is 2.25. The number of benzene rings is 2. The molecule has 0 fully saturated rings. The number of fused-ring (bicyclic) bond motifs is 1. The second-order valence-electron chi connectivity index (χ2n) is 4.64. The smallest absolute Gasteiger partial charge is 0.242 e. The maximum atomic E-state index is 12.0. The highest BCUT2D eigenvalue weighted by Gasteiger charge is 2.09. The third kappa shape index (κ3) is 2.84. The van der Waals surface area contributed by atoms with E-state index >= 15 is 0 Å². The molecule has 21 heavy (non-hydrogen) atoms. The Kier molecular flexibility index (Phi) is 3.51. The quantitative estimate of drug-likeness (QED) is 0.759. The van der Waals surface area contributed by atoms with Gasteiger partial charge in [-0.25, -0.2) is 4.68 Å². The number of phenols is 1. The molecule has 1 aromatic heterocycles. The lowest BCUT2D eigenvalue weighted by Gasteiger charge is -2.07. The first-order valence-electron chi connectivity index (χ1n) is 6.56. The van der Waals surface area contributed by atoms with Crippen molar-refractivity contribution in [3.05, 3.63) is 54.1 Å². The van der Waals surface area contributed by atoms with Gasteiger partial charge in [-0.2, -0.15) is 0 Å². The van der Waals surface area contributed by atoms with Crippen molar-refractivity contribution in [3.8, 4) is 5.75 Å². The largest absolute Gasteiger partial charge is 0.508 e. The summed E-state index contributed by atoms with van der Waals surface area (Å²) < 4.78 is 1.55. The van der Waals surface area contributed by atoms with E-state index in [0.717, 1.165) is 11.0 Å². The lowest BCUT2D eigenvalue weighted by molar-refractivity contribution is -0.121. The van der Waals surface area contributed by atoms with Gasteiger partial charge in [0.2, 0.25) is 5.91 Å². The zero-order chi connectivity index (χ0) is 14.7. The van der Waals surface area contributed by atoms with Crippen molar-refractivity contribution in [3.63, 3.8) is 0 Å². The minimum Gasteiger partial charge on any atom is -0.508 e. The van der Waals surface area contributed by atoms with Gasteiger partial charge in [-0.1, -0.05) is 35.5 Å². The van der Waals surface area contributed by atoms with Gasteiger partial charge in [0.1, 0.15) is 17.8 Å². The minimum atomic E-state index is -0.186. The summed E-state index contributed by atoms with van der Waals surface area (Å²) in [6.07, 6.45) is 0. The Bertz CT molecular complexity index is 782. The highest BCUT2D eigenvalue weighted by Crippen LogP contribution is 2.15. The fourth-order valence-corrected chi connectivity index (χ4v) is 2.08. The van der Waals surface area contributed by atoms with Gasteiger partial charge in [0.05, 0.1) is 5.52 Å². The van der Waals surface area contributed by atoms with Crippen molar-refractivity contribution in [2.75, 3.05) is 0 Å². The molecular formula is C15H14N4O2. The molecule has 2 N–H and O–H groups in total. The van der Waals surface area contributed by atoms with Crippen molar-refractivity contribution < 1.29 is 9.90 Å². The molecule has 0 saturated carbocycles. The van der Waals surface area contributed by atoms with Gasteiger partial charge in [-0.05, 0) is 18.2 Å². The minimum absolute atomic E-state index is 0.0914. The first kappa shape index (κ1) is 13.1. The van der Waals surface area contributed by atoms with Crippen LogP contribution in [0.3, 0.4) is 0 Å². The van der Waals surface area contributed by atoms with E-state index in [4.69, 9.17) is 0 Å². The van der Waals surface area contributed by atoms with E-state index in [1.54, 1.807) is 22.9 Å². The molecule has 2 aromatic carbocycles. The summed E-state index contributed by atoms with van der Waals surface area (Å²) in [7, 11) is 0. The molecule has 1 amide bonds. The van der Waals surface area contributed by atoms with Gasteiger partial charge in [0, 0.05) is 12.1 Å². The van der Waals surface area contributed by atoms with Crippen molar-refractivity contribution in [2.45, 2.75) is 13.1 Å². The third-order valence-corrected chi connectivity index (χ3v) is 3.18. The molecule has 0 aliphatic rings. The molecule has 6 heteroatoms. The van der Waals surface area contributed by atoms with Crippen LogP contribution >= 0.6 is 0 Å². The predicted octanol–water partition coefficient (Wildman–Crippen LogP) is 1.45. The van der Waals surface area contributed by atoms with Crippen LogP contribution in [0.5, 0.6) is 5.75 Å². The molecule has 0 saturated heterocycles. The summed E-state index contributed by atoms with van der Waals surface area (Å²) in [5.74, 6) is -0.0158. The van der Waals surface area contributed by atoms with Crippen LogP contribution in [0.2, 0.25) is 0 Å². The Morgan fingerprint density at radius 2 is 1.90 bits per heavy atom. The number of nitrogens with zero attached hydrogens (tertiary/aromatic N) is 3. The Labute approximate surface area is 121 Å². The highest BCUT2D eigenvalue weighted by molar-refractivity contribution is 5.79. The molecule has 0 spiro atoms. The maximum absolute atomic E-state index is 12.0. The van der Waals surface area contributed by atoms with Crippen LogP contribution in [0.15, 0.2) is 48.5 Å². The lowest BCUT2D eigenvalue weighted by atomic mass is 10.2. The Morgan fingerprint density at radius 1 is 1.14 bits per heavy atom. The molecule has 0 unspecified atom stereocenters. The molecular weight excluding hydrogens is 268 g/mol. The maximum Gasteiger partial charge on any atom is 0.242 e. The Morgan fingerprint density at radius 3 is 2.76 bits per heavy atom. The number of carbonyl (C=O) groups excluding carboxylic acids is 1. The molecule has 0 atom stereocenters. The number of hydrogen-bond donors (Lipinski definition) is 2. The van der Waals surface area contributed by atoms with Crippen LogP contribution < -0.4 is 5.32 Å². The molecule has 0 aliphatic carbocycles. The number of amides is 1. The van der Waals surface area contributed by atoms with Crippen LogP contribution in [-0.4, -0.2) is 26.0 Å². The standard InChI is InChI=1S/C15H14N4O2/c20-14-8-4-1-5-11(14)9-16-15(21)10-19-13-7-3-2-6-12(13)17-18-19/h1-8,20H,9-10H2,(H,16,21). The predicted molar refractivity (Wildman–Crippen MR) is 77.5 cm³/mol. The van der Waals surface area contributed by atoms with E-state index in [1.165, 1.54) is 0 Å². The molecule has 0 bridgehead atoms. The second-order valence-corrected chi connectivity index (χ2v) is 4.64. The van der Waals surface area contributed by atoms with Crippen LogP contribution in [0, 0.1) is 0 Å². The first-order chi connectivity index (χ1) is 10.2. The van der Waals surface area contributed by atoms with E-state index in [9.17, 15) is 9.90 Å². The van der Waals surface area contributed by atoms with Crippen molar-refractivity contribution in [1.82, 2.24) is 20.3 Å². The van der Waals surface area contributed by atoms with Gasteiger partial charge in [-0.3, -0.25) is 4.79 Å². The van der Waals surface area contributed by atoms with Gasteiger partial charge < -0.3 is 10.4 Å². The Balaban J connectivity index is 1.66. The van der Waals surface area contributed by atoms with E-state index in [0.29, 0.717) is 5.56 Å². The van der Waals surface area contributed by atoms with Crippen molar-refractivity contribution in [2.24, 2.45) is 0 Å². The van der Waals surface area contributed by atoms with Gasteiger partial charge >= 0.3 is 0 Å². The number of nitrogens with one attached hydrogen (secondary N) is 1. The third-order valence-electron chi connectivity index (χ3n) is 3.18. The number of phenolic OH excluding ortho intramolecular Hbond substituents is 1. The number of carbonyl (C=O) groups is 1. The van der Waals surface area contributed by atoms with E-state index in [1.807, 2.05) is 30.3 Å². The molecule has 3 rings (SSSR count). The zero-order valence-electron chi connectivity index (χ0n) is 11.2. The van der Waals surface area contributed by atoms with E-state index in [2.05, 4.69) is 15.6 Å². The molecule has 3 aromatic rings. The molecule has 0 aliphatic heterocycles. The normalized spacial score (nSPS) is 10.7. The molecule has 6 nitrogen and oxygen atoms in total. The number of aromatic nitrogens is 3. The van der Waals surface area contributed by atoms with Crippen LogP contribution in [-0.2, 0) is 17.9 Å². The fourth-order valence-electron chi connectivity index (χ4n) is 2.08. The van der Waals surface area contributed by atoms with E-state index < -0.39 is 0 Å². The van der Waals surface area contributed by atoms with Crippen molar-refractivity contribution >= 4 is 16.9 Å². The highest BCUT2D eigenvalue weighted by atomic mass is 16.3. The molecule has 106 valence electrons. The molecule has 0 radical (unpaired) electrons. The van der Waals surface area contributed by atoms with Gasteiger partial charge in [0.15, 0.2) is 0 Å². The average molecular weight is 282 g/mol. The van der Waals surface area contributed by atoms with Crippen LogP contribution in [0.1, 0.15) is 5.56 Å². The summed E-state index contributed by atoms with van der Waals surface area (Å²) in [5, 5.41) is 20.4. The van der Waals surface area contributed by atoms with Crippen LogP contribution in [0.25, 0.3) is 11.0 Å². The summed E-state index contributed by atoms with van der Waals surface area (Å²) >= 11 is 0. The monoisotopic (exact) mass is 282 g/mol. The number of para-hydroxylation sites is 2. The SMILES string of the molecule is O=C(Cn1nnc2ccccc21)NCc1ccccc1O. The summed E-state index contributed by atoms with van der Waals surface area (Å²) in [6, 6.07) is 14.4.